The fraction of sp³-hybridized carbons (Fsp3) is 0.381. The van der Waals surface area contributed by atoms with Gasteiger partial charge >= 0.3 is 0 Å². The summed E-state index contributed by atoms with van der Waals surface area (Å²) in [7, 11) is 0. The highest BCUT2D eigenvalue weighted by atomic mass is 16.2. The van der Waals surface area contributed by atoms with E-state index in [9.17, 15) is 9.59 Å². The number of carbonyl (C=O) groups excluding carboxylic acids is 2. The van der Waals surface area contributed by atoms with Crippen molar-refractivity contribution in [2.45, 2.75) is 33.6 Å². The third kappa shape index (κ3) is 4.69. The molecule has 0 fully saturated rings. The Morgan fingerprint density at radius 1 is 0.923 bits per heavy atom. The molecule has 0 N–H and O–H groups in total. The van der Waals surface area contributed by atoms with Crippen LogP contribution in [0.4, 0.5) is 5.69 Å². The van der Waals surface area contributed by atoms with Crippen molar-refractivity contribution in [2.24, 2.45) is 0 Å². The van der Waals surface area contributed by atoms with E-state index < -0.39 is 0 Å². The Labute approximate surface area is 155 Å². The molecule has 1 aromatic carbocycles. The van der Waals surface area contributed by atoms with Gasteiger partial charge in [0, 0.05) is 37.1 Å². The zero-order chi connectivity index (χ0) is 18.9. The van der Waals surface area contributed by atoms with Gasteiger partial charge in [-0.15, -0.1) is 0 Å². The lowest BCUT2D eigenvalue weighted by atomic mass is 10.1. The summed E-state index contributed by atoms with van der Waals surface area (Å²) in [6.07, 6.45) is 3.32. The minimum absolute atomic E-state index is 0.119. The van der Waals surface area contributed by atoms with Crippen molar-refractivity contribution in [1.82, 2.24) is 9.88 Å². The van der Waals surface area contributed by atoms with Crippen LogP contribution in [0.5, 0.6) is 0 Å². The lowest BCUT2D eigenvalue weighted by molar-refractivity contribution is 0.0749. The Morgan fingerprint density at radius 3 is 2.15 bits per heavy atom. The minimum Gasteiger partial charge on any atom is -0.337 e. The van der Waals surface area contributed by atoms with Crippen LogP contribution in [-0.4, -0.2) is 41.3 Å². The van der Waals surface area contributed by atoms with Crippen LogP contribution < -0.4 is 4.90 Å². The number of nitrogens with zero attached hydrogens (tertiary/aromatic N) is 3. The van der Waals surface area contributed by atoms with Crippen molar-refractivity contribution in [2.75, 3.05) is 24.5 Å². The molecule has 0 saturated heterocycles. The van der Waals surface area contributed by atoms with Crippen molar-refractivity contribution >= 4 is 17.5 Å². The molecular weight excluding hydrogens is 326 g/mol. The molecule has 0 saturated carbocycles. The monoisotopic (exact) mass is 353 g/mol. The summed E-state index contributed by atoms with van der Waals surface area (Å²) in [5.41, 5.74) is 1.63. The molecule has 2 rings (SSSR count). The van der Waals surface area contributed by atoms with Crippen molar-refractivity contribution in [1.29, 1.82) is 0 Å². The number of anilines is 1. The molecule has 0 atom stereocenters. The van der Waals surface area contributed by atoms with Crippen molar-refractivity contribution < 1.29 is 9.59 Å². The average molecular weight is 353 g/mol. The van der Waals surface area contributed by atoms with Crippen LogP contribution in [0.3, 0.4) is 0 Å². The van der Waals surface area contributed by atoms with E-state index in [-0.39, 0.29) is 11.8 Å². The lowest BCUT2D eigenvalue weighted by Crippen LogP contribution is -2.34. The molecule has 1 heterocycles. The number of hydrogen-bond donors (Lipinski definition) is 0. The quantitative estimate of drug-likeness (QED) is 0.720. The van der Waals surface area contributed by atoms with Crippen LogP contribution in [0.15, 0.2) is 48.7 Å². The molecular formula is C21H27N3O2. The molecule has 138 valence electrons. The zero-order valence-electron chi connectivity index (χ0n) is 15.8. The van der Waals surface area contributed by atoms with Crippen LogP contribution in [-0.2, 0) is 0 Å². The van der Waals surface area contributed by atoms with Gasteiger partial charge in [0.25, 0.3) is 11.8 Å². The Hall–Kier alpha value is -2.69. The largest absolute Gasteiger partial charge is 0.337 e. The smallest absolute Gasteiger partial charge is 0.272 e. The standard InChI is InChI=1S/C21H27N3O2/c1-4-14-23(15-5-2)21(26)19-16-17(12-13-22-19)20(25)24(6-3)18-10-8-7-9-11-18/h7-13,16H,4-6,14-15H2,1-3H3. The van der Waals surface area contributed by atoms with Gasteiger partial charge in [0.15, 0.2) is 0 Å². The van der Waals surface area contributed by atoms with Crippen molar-refractivity contribution in [3.05, 3.63) is 59.9 Å². The van der Waals surface area contributed by atoms with Gasteiger partial charge in [-0.05, 0) is 44.0 Å². The normalized spacial score (nSPS) is 10.4. The molecule has 0 bridgehead atoms. The van der Waals surface area contributed by atoms with Gasteiger partial charge in [-0.2, -0.15) is 0 Å². The van der Waals surface area contributed by atoms with E-state index in [1.54, 1.807) is 21.9 Å². The first-order valence-electron chi connectivity index (χ1n) is 9.24. The molecule has 5 nitrogen and oxygen atoms in total. The number of pyridine rings is 1. The fourth-order valence-electron chi connectivity index (χ4n) is 2.90. The molecule has 2 amide bonds. The number of para-hydroxylation sites is 1. The second-order valence-electron chi connectivity index (χ2n) is 6.11. The highest BCUT2D eigenvalue weighted by Crippen LogP contribution is 2.17. The highest BCUT2D eigenvalue weighted by Gasteiger charge is 2.20. The van der Waals surface area contributed by atoms with Crippen molar-refractivity contribution in [3.8, 4) is 0 Å². The predicted octanol–water partition coefficient (Wildman–Crippen LogP) is 4.01. The SMILES string of the molecule is CCCN(CCC)C(=O)c1cc(C(=O)N(CC)c2ccccc2)ccn1. The van der Waals surface area contributed by atoms with Crippen LogP contribution in [0, 0.1) is 0 Å². The van der Waals surface area contributed by atoms with Gasteiger partial charge in [-0.25, -0.2) is 0 Å². The van der Waals surface area contributed by atoms with E-state index in [0.29, 0.717) is 30.9 Å². The molecule has 2 aromatic rings. The van der Waals surface area contributed by atoms with E-state index in [4.69, 9.17) is 0 Å². The summed E-state index contributed by atoms with van der Waals surface area (Å²) in [6, 6.07) is 12.8. The maximum atomic E-state index is 12.9. The first-order valence-corrected chi connectivity index (χ1v) is 9.24. The van der Waals surface area contributed by atoms with E-state index in [1.807, 2.05) is 51.1 Å². The van der Waals surface area contributed by atoms with Gasteiger partial charge in [-0.3, -0.25) is 14.6 Å². The molecule has 1 aromatic heterocycles. The van der Waals surface area contributed by atoms with E-state index in [1.165, 1.54) is 6.20 Å². The number of rotatable bonds is 8. The first-order chi connectivity index (χ1) is 12.6. The highest BCUT2D eigenvalue weighted by molar-refractivity contribution is 6.07. The molecule has 5 heteroatoms. The molecule has 0 aliphatic carbocycles. The maximum Gasteiger partial charge on any atom is 0.272 e. The van der Waals surface area contributed by atoms with E-state index >= 15 is 0 Å². The first kappa shape index (κ1) is 19.6. The summed E-state index contributed by atoms with van der Waals surface area (Å²) in [5.74, 6) is -0.251. The molecule has 0 aliphatic rings. The zero-order valence-corrected chi connectivity index (χ0v) is 15.8. The van der Waals surface area contributed by atoms with Crippen LogP contribution in [0.25, 0.3) is 0 Å². The number of carbonyl (C=O) groups is 2. The molecule has 0 unspecified atom stereocenters. The summed E-state index contributed by atoms with van der Waals surface area (Å²) in [6.45, 7) is 7.95. The summed E-state index contributed by atoms with van der Waals surface area (Å²) < 4.78 is 0. The molecule has 0 radical (unpaired) electrons. The van der Waals surface area contributed by atoms with Crippen LogP contribution >= 0.6 is 0 Å². The van der Waals surface area contributed by atoms with Gasteiger partial charge in [0.2, 0.25) is 0 Å². The predicted molar refractivity (Wildman–Crippen MR) is 105 cm³/mol. The number of amides is 2. The Bertz CT molecular complexity index is 725. The number of benzene rings is 1. The topological polar surface area (TPSA) is 53.5 Å². The fourth-order valence-corrected chi connectivity index (χ4v) is 2.90. The lowest BCUT2D eigenvalue weighted by Gasteiger charge is -2.22. The maximum absolute atomic E-state index is 12.9. The van der Waals surface area contributed by atoms with E-state index in [0.717, 1.165) is 18.5 Å². The molecule has 0 spiro atoms. The average Bonchev–Trinajstić information content (AvgIpc) is 2.68. The Balaban J connectivity index is 2.27. The number of aromatic nitrogens is 1. The summed E-state index contributed by atoms with van der Waals surface area (Å²) in [5, 5.41) is 0. The van der Waals surface area contributed by atoms with Gasteiger partial charge in [0.05, 0.1) is 0 Å². The van der Waals surface area contributed by atoms with Gasteiger partial charge in [-0.1, -0.05) is 32.0 Å². The molecule has 26 heavy (non-hydrogen) atoms. The van der Waals surface area contributed by atoms with E-state index in [2.05, 4.69) is 4.98 Å². The summed E-state index contributed by atoms with van der Waals surface area (Å²) in [4.78, 5) is 33.4. The second kappa shape index (κ2) is 9.70. The van der Waals surface area contributed by atoms with Crippen molar-refractivity contribution in [3.63, 3.8) is 0 Å². The van der Waals surface area contributed by atoms with Gasteiger partial charge in [0.1, 0.15) is 5.69 Å². The Kier molecular flexibility index (Phi) is 7.33. The second-order valence-corrected chi connectivity index (χ2v) is 6.11. The van der Waals surface area contributed by atoms with Crippen LogP contribution in [0.1, 0.15) is 54.5 Å². The number of hydrogen-bond acceptors (Lipinski definition) is 3. The van der Waals surface area contributed by atoms with Gasteiger partial charge < -0.3 is 9.80 Å². The summed E-state index contributed by atoms with van der Waals surface area (Å²) >= 11 is 0. The molecule has 0 aliphatic heterocycles. The Morgan fingerprint density at radius 2 is 1.58 bits per heavy atom. The third-order valence-corrected chi connectivity index (χ3v) is 4.13. The minimum atomic E-state index is -0.132. The third-order valence-electron chi connectivity index (χ3n) is 4.13. The van der Waals surface area contributed by atoms with Crippen LogP contribution in [0.2, 0.25) is 0 Å².